The molecule has 0 saturated carbocycles. The normalized spacial score (nSPS) is 12.2. The van der Waals surface area contributed by atoms with Crippen LogP contribution in [0.1, 0.15) is 33.9 Å². The number of methoxy groups -OCH3 is 1. The van der Waals surface area contributed by atoms with Gasteiger partial charge in [-0.15, -0.1) is 0 Å². The number of hydrogen-bond donors (Lipinski definition) is 1. The van der Waals surface area contributed by atoms with Gasteiger partial charge in [0.1, 0.15) is 5.75 Å². The zero-order valence-electron chi connectivity index (χ0n) is 12.9. The first kappa shape index (κ1) is 14.6. The van der Waals surface area contributed by atoms with Gasteiger partial charge < -0.3 is 10.1 Å². The lowest BCUT2D eigenvalue weighted by Gasteiger charge is -2.22. The van der Waals surface area contributed by atoms with Gasteiger partial charge in [0.05, 0.1) is 13.2 Å². The Hall–Kier alpha value is -1.80. The summed E-state index contributed by atoms with van der Waals surface area (Å²) in [6.07, 6.45) is 0. The minimum absolute atomic E-state index is 0.144. The van der Waals surface area contributed by atoms with Crippen molar-refractivity contribution < 1.29 is 4.74 Å². The number of ether oxygens (including phenoxy) is 1. The largest absolute Gasteiger partial charge is 0.496 e. The molecule has 0 saturated heterocycles. The molecule has 2 aromatic rings. The fourth-order valence-electron chi connectivity index (χ4n) is 2.71. The fourth-order valence-corrected chi connectivity index (χ4v) is 2.71. The van der Waals surface area contributed by atoms with Crippen molar-refractivity contribution in [3.05, 3.63) is 64.2 Å². The molecule has 0 aliphatic carbocycles. The zero-order chi connectivity index (χ0) is 14.7. The minimum atomic E-state index is 0.144. The van der Waals surface area contributed by atoms with E-state index in [-0.39, 0.29) is 6.04 Å². The Balaban J connectivity index is 2.54. The molecule has 0 heterocycles. The van der Waals surface area contributed by atoms with Gasteiger partial charge in [0.15, 0.2) is 0 Å². The van der Waals surface area contributed by atoms with Crippen molar-refractivity contribution in [1.82, 2.24) is 5.32 Å². The lowest BCUT2D eigenvalue weighted by molar-refractivity contribution is 0.405. The van der Waals surface area contributed by atoms with Gasteiger partial charge in [0.25, 0.3) is 0 Å². The van der Waals surface area contributed by atoms with Crippen molar-refractivity contribution >= 4 is 0 Å². The SMILES string of the molecule is CNC(c1ccc(C)cc1C)c1cc(C)ccc1OC. The predicted molar refractivity (Wildman–Crippen MR) is 84.5 cm³/mol. The van der Waals surface area contributed by atoms with E-state index >= 15 is 0 Å². The lowest BCUT2D eigenvalue weighted by Crippen LogP contribution is -2.19. The van der Waals surface area contributed by atoms with Crippen molar-refractivity contribution in [3.63, 3.8) is 0 Å². The van der Waals surface area contributed by atoms with Gasteiger partial charge in [-0.05, 0) is 45.0 Å². The molecule has 1 N–H and O–H groups in total. The third-order valence-electron chi connectivity index (χ3n) is 3.72. The Kier molecular flexibility index (Phi) is 4.46. The van der Waals surface area contributed by atoms with Crippen LogP contribution in [-0.4, -0.2) is 14.2 Å². The highest BCUT2D eigenvalue weighted by Gasteiger charge is 2.18. The number of rotatable bonds is 4. The highest BCUT2D eigenvalue weighted by atomic mass is 16.5. The summed E-state index contributed by atoms with van der Waals surface area (Å²) in [5.41, 5.74) is 6.31. The van der Waals surface area contributed by atoms with E-state index in [0.717, 1.165) is 5.75 Å². The van der Waals surface area contributed by atoms with Crippen LogP contribution in [0.5, 0.6) is 5.75 Å². The topological polar surface area (TPSA) is 21.3 Å². The molecule has 20 heavy (non-hydrogen) atoms. The van der Waals surface area contributed by atoms with E-state index in [2.05, 4.69) is 56.4 Å². The average Bonchev–Trinajstić information content (AvgIpc) is 2.42. The summed E-state index contributed by atoms with van der Waals surface area (Å²) in [7, 11) is 3.72. The number of hydrogen-bond acceptors (Lipinski definition) is 2. The second-order valence-electron chi connectivity index (χ2n) is 5.33. The van der Waals surface area contributed by atoms with Crippen molar-refractivity contribution in [1.29, 1.82) is 0 Å². The Morgan fingerprint density at radius 2 is 1.55 bits per heavy atom. The van der Waals surface area contributed by atoms with Crippen LogP contribution >= 0.6 is 0 Å². The molecular weight excluding hydrogens is 246 g/mol. The van der Waals surface area contributed by atoms with E-state index < -0.39 is 0 Å². The molecule has 2 aromatic carbocycles. The van der Waals surface area contributed by atoms with E-state index in [1.54, 1.807) is 7.11 Å². The van der Waals surface area contributed by atoms with Crippen molar-refractivity contribution in [3.8, 4) is 5.75 Å². The summed E-state index contributed by atoms with van der Waals surface area (Å²) in [4.78, 5) is 0. The molecule has 106 valence electrons. The molecule has 1 atom stereocenters. The molecular formula is C18H23NO. The van der Waals surface area contributed by atoms with Gasteiger partial charge in [-0.1, -0.05) is 41.5 Å². The van der Waals surface area contributed by atoms with Gasteiger partial charge in [0.2, 0.25) is 0 Å². The van der Waals surface area contributed by atoms with Gasteiger partial charge in [-0.2, -0.15) is 0 Å². The van der Waals surface area contributed by atoms with Crippen LogP contribution in [-0.2, 0) is 0 Å². The summed E-state index contributed by atoms with van der Waals surface area (Å²) in [5.74, 6) is 0.926. The Morgan fingerprint density at radius 1 is 0.900 bits per heavy atom. The van der Waals surface area contributed by atoms with Gasteiger partial charge in [-0.3, -0.25) is 0 Å². The van der Waals surface area contributed by atoms with Crippen LogP contribution in [0.15, 0.2) is 36.4 Å². The molecule has 2 nitrogen and oxygen atoms in total. The molecule has 2 rings (SSSR count). The van der Waals surface area contributed by atoms with Crippen molar-refractivity contribution in [2.24, 2.45) is 0 Å². The second-order valence-corrected chi connectivity index (χ2v) is 5.33. The molecule has 0 fully saturated rings. The molecule has 0 spiro atoms. The van der Waals surface area contributed by atoms with E-state index in [0.29, 0.717) is 0 Å². The van der Waals surface area contributed by atoms with E-state index in [9.17, 15) is 0 Å². The predicted octanol–water partition coefficient (Wildman–Crippen LogP) is 3.93. The first-order chi connectivity index (χ1) is 9.56. The van der Waals surface area contributed by atoms with Crippen LogP contribution in [0.3, 0.4) is 0 Å². The Labute approximate surface area is 121 Å². The van der Waals surface area contributed by atoms with E-state index in [4.69, 9.17) is 4.74 Å². The van der Waals surface area contributed by atoms with Crippen molar-refractivity contribution in [2.75, 3.05) is 14.2 Å². The van der Waals surface area contributed by atoms with Crippen LogP contribution in [0.2, 0.25) is 0 Å². The van der Waals surface area contributed by atoms with E-state index in [1.807, 2.05) is 13.1 Å². The summed E-state index contributed by atoms with van der Waals surface area (Å²) < 4.78 is 5.53. The molecule has 2 heteroatoms. The molecule has 0 aliphatic heterocycles. The highest BCUT2D eigenvalue weighted by Crippen LogP contribution is 2.32. The molecule has 0 amide bonds. The molecule has 1 unspecified atom stereocenters. The standard InChI is InChI=1S/C18H23NO/c1-12-6-8-15(14(3)10-12)18(19-4)16-11-13(2)7-9-17(16)20-5/h6-11,18-19H,1-5H3. The molecule has 0 aromatic heterocycles. The molecule has 0 aliphatic rings. The third kappa shape index (κ3) is 2.86. The fraction of sp³-hybridized carbons (Fsp3) is 0.333. The van der Waals surface area contributed by atoms with Crippen LogP contribution in [0.25, 0.3) is 0 Å². The summed E-state index contributed by atoms with van der Waals surface area (Å²) in [6, 6.07) is 13.0. The monoisotopic (exact) mass is 269 g/mol. The van der Waals surface area contributed by atoms with Crippen molar-refractivity contribution in [2.45, 2.75) is 26.8 Å². The highest BCUT2D eigenvalue weighted by molar-refractivity contribution is 5.46. The smallest absolute Gasteiger partial charge is 0.123 e. The minimum Gasteiger partial charge on any atom is -0.496 e. The summed E-state index contributed by atoms with van der Waals surface area (Å²) >= 11 is 0. The maximum absolute atomic E-state index is 5.53. The van der Waals surface area contributed by atoms with E-state index in [1.165, 1.54) is 27.8 Å². The molecule has 0 bridgehead atoms. The van der Waals surface area contributed by atoms with Crippen LogP contribution in [0, 0.1) is 20.8 Å². The Bertz CT molecular complexity index is 604. The second kappa shape index (κ2) is 6.10. The average molecular weight is 269 g/mol. The maximum Gasteiger partial charge on any atom is 0.123 e. The maximum atomic E-state index is 5.53. The quantitative estimate of drug-likeness (QED) is 0.908. The Morgan fingerprint density at radius 3 is 2.15 bits per heavy atom. The number of nitrogens with one attached hydrogen (secondary N) is 1. The summed E-state index contributed by atoms with van der Waals surface area (Å²) in [5, 5.41) is 3.42. The van der Waals surface area contributed by atoms with Gasteiger partial charge in [-0.25, -0.2) is 0 Å². The number of aryl methyl sites for hydroxylation is 3. The van der Waals surface area contributed by atoms with Gasteiger partial charge in [0, 0.05) is 5.56 Å². The summed E-state index contributed by atoms with van der Waals surface area (Å²) in [6.45, 7) is 6.39. The number of benzene rings is 2. The first-order valence-electron chi connectivity index (χ1n) is 6.95. The zero-order valence-corrected chi connectivity index (χ0v) is 12.9. The van der Waals surface area contributed by atoms with Gasteiger partial charge >= 0.3 is 0 Å². The first-order valence-corrected chi connectivity index (χ1v) is 6.95. The third-order valence-corrected chi connectivity index (χ3v) is 3.72. The molecule has 0 radical (unpaired) electrons. The van der Waals surface area contributed by atoms with Crippen LogP contribution in [0.4, 0.5) is 0 Å². The van der Waals surface area contributed by atoms with Crippen LogP contribution < -0.4 is 10.1 Å². The lowest BCUT2D eigenvalue weighted by atomic mass is 9.92.